The second-order valence-electron chi connectivity index (χ2n) is 5.70. The zero-order valence-electron chi connectivity index (χ0n) is 13.4. The van der Waals surface area contributed by atoms with Gasteiger partial charge in [0.1, 0.15) is 6.26 Å². The lowest BCUT2D eigenvalue weighted by Gasteiger charge is -2.29. The Morgan fingerprint density at radius 3 is 2.78 bits per heavy atom. The van der Waals surface area contributed by atoms with E-state index in [1.165, 1.54) is 6.26 Å². The number of methoxy groups -OCH3 is 1. The van der Waals surface area contributed by atoms with Crippen molar-refractivity contribution in [2.24, 2.45) is 0 Å². The number of ether oxygens (including phenoxy) is 1. The van der Waals surface area contributed by atoms with Crippen LogP contribution in [-0.4, -0.2) is 41.9 Å². The molecule has 0 fully saturated rings. The molecular formula is C17H22N2O4. The Balaban J connectivity index is 1.99. The molecular weight excluding hydrogens is 296 g/mol. The van der Waals surface area contributed by atoms with Gasteiger partial charge in [0.05, 0.1) is 24.3 Å². The van der Waals surface area contributed by atoms with E-state index in [-0.39, 0.29) is 18.9 Å². The van der Waals surface area contributed by atoms with Crippen molar-refractivity contribution >= 4 is 5.91 Å². The fourth-order valence-corrected chi connectivity index (χ4v) is 2.38. The predicted octanol–water partition coefficient (Wildman–Crippen LogP) is 1.79. The first-order valence-corrected chi connectivity index (χ1v) is 7.47. The van der Waals surface area contributed by atoms with Crippen molar-refractivity contribution in [2.75, 3.05) is 20.3 Å². The van der Waals surface area contributed by atoms with Gasteiger partial charge in [0, 0.05) is 19.3 Å². The number of aliphatic hydroxyl groups is 1. The van der Waals surface area contributed by atoms with Crippen molar-refractivity contribution in [1.29, 1.82) is 0 Å². The fourth-order valence-electron chi connectivity index (χ4n) is 2.38. The van der Waals surface area contributed by atoms with Gasteiger partial charge in [-0.2, -0.15) is 0 Å². The van der Waals surface area contributed by atoms with Crippen LogP contribution in [0, 0.1) is 0 Å². The Kier molecular flexibility index (Phi) is 5.90. The normalized spacial score (nSPS) is 13.5. The first kappa shape index (κ1) is 17.2. The molecule has 6 nitrogen and oxygen atoms in total. The quantitative estimate of drug-likeness (QED) is 0.775. The Bertz CT molecular complexity index is 619. The van der Waals surface area contributed by atoms with Gasteiger partial charge >= 0.3 is 0 Å². The average Bonchev–Trinajstić information content (AvgIpc) is 2.96. The molecule has 1 heterocycles. The maximum atomic E-state index is 12.2. The maximum Gasteiger partial charge on any atom is 0.226 e. The van der Waals surface area contributed by atoms with Gasteiger partial charge in [-0.25, -0.2) is 4.98 Å². The standard InChI is InChI=1S/C17H22N2O4/c1-17(8-9-20,12-22-2)19-15(21)10-14-11-23-16(18-14)13-6-4-3-5-7-13/h3-7,11,20H,8-10,12H2,1-2H3,(H,19,21). The lowest BCUT2D eigenvalue weighted by atomic mass is 9.99. The number of rotatable bonds is 8. The number of carbonyl (C=O) groups is 1. The molecule has 1 amide bonds. The molecule has 0 saturated carbocycles. The second-order valence-corrected chi connectivity index (χ2v) is 5.70. The number of hydrogen-bond acceptors (Lipinski definition) is 5. The molecule has 0 aliphatic carbocycles. The molecule has 1 aromatic heterocycles. The predicted molar refractivity (Wildman–Crippen MR) is 85.8 cm³/mol. The van der Waals surface area contributed by atoms with E-state index in [1.807, 2.05) is 37.3 Å². The highest BCUT2D eigenvalue weighted by Gasteiger charge is 2.26. The molecule has 124 valence electrons. The summed E-state index contributed by atoms with van der Waals surface area (Å²) in [5.74, 6) is 0.300. The molecule has 6 heteroatoms. The summed E-state index contributed by atoms with van der Waals surface area (Å²) >= 11 is 0. The highest BCUT2D eigenvalue weighted by Crippen LogP contribution is 2.18. The van der Waals surface area contributed by atoms with Crippen LogP contribution in [0.3, 0.4) is 0 Å². The third kappa shape index (κ3) is 4.91. The lowest BCUT2D eigenvalue weighted by Crippen LogP contribution is -2.50. The second kappa shape index (κ2) is 7.89. The van der Waals surface area contributed by atoms with Gasteiger partial charge in [-0.3, -0.25) is 4.79 Å². The van der Waals surface area contributed by atoms with Gasteiger partial charge in [0.25, 0.3) is 0 Å². The van der Waals surface area contributed by atoms with Gasteiger partial charge in [0.15, 0.2) is 0 Å². The minimum absolute atomic E-state index is 0.0255. The minimum Gasteiger partial charge on any atom is -0.444 e. The first-order valence-electron chi connectivity index (χ1n) is 7.47. The Labute approximate surface area is 135 Å². The van der Waals surface area contributed by atoms with Crippen LogP contribution >= 0.6 is 0 Å². The third-order valence-electron chi connectivity index (χ3n) is 3.48. The number of benzene rings is 1. The van der Waals surface area contributed by atoms with Crippen molar-refractivity contribution < 1.29 is 19.1 Å². The van der Waals surface area contributed by atoms with E-state index >= 15 is 0 Å². The van der Waals surface area contributed by atoms with E-state index in [2.05, 4.69) is 10.3 Å². The van der Waals surface area contributed by atoms with E-state index in [0.29, 0.717) is 24.6 Å². The smallest absolute Gasteiger partial charge is 0.226 e. The lowest BCUT2D eigenvalue weighted by molar-refractivity contribution is -0.123. The van der Waals surface area contributed by atoms with E-state index < -0.39 is 5.54 Å². The maximum absolute atomic E-state index is 12.2. The summed E-state index contributed by atoms with van der Waals surface area (Å²) in [5, 5.41) is 12.0. The van der Waals surface area contributed by atoms with Gasteiger partial charge in [-0.15, -0.1) is 0 Å². The summed E-state index contributed by atoms with van der Waals surface area (Å²) in [6, 6.07) is 9.51. The van der Waals surface area contributed by atoms with E-state index in [9.17, 15) is 4.79 Å². The average molecular weight is 318 g/mol. The highest BCUT2D eigenvalue weighted by molar-refractivity contribution is 5.79. The van der Waals surface area contributed by atoms with Gasteiger partial charge < -0.3 is 19.6 Å². The monoisotopic (exact) mass is 318 g/mol. The zero-order valence-corrected chi connectivity index (χ0v) is 13.4. The number of nitrogens with zero attached hydrogens (tertiary/aromatic N) is 1. The van der Waals surface area contributed by atoms with Gasteiger partial charge in [0.2, 0.25) is 11.8 Å². The highest BCUT2D eigenvalue weighted by atomic mass is 16.5. The first-order chi connectivity index (χ1) is 11.1. The number of aromatic nitrogens is 1. The largest absolute Gasteiger partial charge is 0.444 e. The molecule has 2 rings (SSSR count). The van der Waals surface area contributed by atoms with Crippen molar-refractivity contribution in [2.45, 2.75) is 25.3 Å². The van der Waals surface area contributed by atoms with E-state index in [0.717, 1.165) is 5.56 Å². The van der Waals surface area contributed by atoms with Crippen LogP contribution in [0.15, 0.2) is 41.0 Å². The molecule has 1 atom stereocenters. The summed E-state index contributed by atoms with van der Waals surface area (Å²) in [7, 11) is 1.56. The van der Waals surface area contributed by atoms with Crippen molar-refractivity contribution in [3.63, 3.8) is 0 Å². The third-order valence-corrected chi connectivity index (χ3v) is 3.48. The van der Waals surface area contributed by atoms with Crippen LogP contribution in [0.2, 0.25) is 0 Å². The van der Waals surface area contributed by atoms with Crippen molar-refractivity contribution in [3.8, 4) is 11.5 Å². The molecule has 2 aromatic rings. The molecule has 0 aliphatic heterocycles. The summed E-state index contributed by atoms with van der Waals surface area (Å²) in [6.07, 6.45) is 2.02. The fraction of sp³-hybridized carbons (Fsp3) is 0.412. The van der Waals surface area contributed by atoms with Crippen LogP contribution in [-0.2, 0) is 16.0 Å². The number of amides is 1. The molecule has 0 radical (unpaired) electrons. The van der Waals surface area contributed by atoms with E-state index in [1.54, 1.807) is 7.11 Å². The minimum atomic E-state index is -0.605. The molecule has 1 aromatic carbocycles. The summed E-state index contributed by atoms with van der Waals surface area (Å²) < 4.78 is 10.5. The Morgan fingerprint density at radius 1 is 1.39 bits per heavy atom. The van der Waals surface area contributed by atoms with Crippen LogP contribution in [0.4, 0.5) is 0 Å². The summed E-state index contributed by atoms with van der Waals surface area (Å²) in [6.45, 7) is 2.14. The molecule has 2 N–H and O–H groups in total. The van der Waals surface area contributed by atoms with Crippen LogP contribution < -0.4 is 5.32 Å². The SMILES string of the molecule is COCC(C)(CCO)NC(=O)Cc1coc(-c2ccccc2)n1. The topological polar surface area (TPSA) is 84.6 Å². The molecule has 0 aliphatic rings. The number of oxazole rings is 1. The molecule has 23 heavy (non-hydrogen) atoms. The van der Waals surface area contributed by atoms with Gasteiger partial charge in [-0.05, 0) is 25.5 Å². The number of hydrogen-bond donors (Lipinski definition) is 2. The number of carbonyl (C=O) groups excluding carboxylic acids is 1. The Hall–Kier alpha value is -2.18. The summed E-state index contributed by atoms with van der Waals surface area (Å²) in [4.78, 5) is 16.5. The zero-order chi connectivity index (χ0) is 16.7. The van der Waals surface area contributed by atoms with Crippen LogP contribution in [0.25, 0.3) is 11.5 Å². The molecule has 0 spiro atoms. The van der Waals surface area contributed by atoms with Gasteiger partial charge in [-0.1, -0.05) is 18.2 Å². The molecule has 0 bridgehead atoms. The van der Waals surface area contributed by atoms with Crippen molar-refractivity contribution in [1.82, 2.24) is 10.3 Å². The molecule has 1 unspecified atom stereocenters. The number of nitrogens with one attached hydrogen (secondary N) is 1. The summed E-state index contributed by atoms with van der Waals surface area (Å²) in [5.41, 5.74) is 0.820. The van der Waals surface area contributed by atoms with E-state index in [4.69, 9.17) is 14.3 Å². The van der Waals surface area contributed by atoms with Crippen LogP contribution in [0.5, 0.6) is 0 Å². The van der Waals surface area contributed by atoms with Crippen molar-refractivity contribution in [3.05, 3.63) is 42.3 Å². The van der Waals surface area contributed by atoms with Crippen LogP contribution in [0.1, 0.15) is 19.0 Å². The Morgan fingerprint density at radius 2 is 2.13 bits per heavy atom. The number of aliphatic hydroxyl groups excluding tert-OH is 1. The molecule has 0 saturated heterocycles.